The summed E-state index contributed by atoms with van der Waals surface area (Å²) in [5.41, 5.74) is 2.89. The van der Waals surface area contributed by atoms with Crippen LogP contribution in [0.25, 0.3) is 0 Å². The number of benzene rings is 1. The molecule has 0 radical (unpaired) electrons. The minimum atomic E-state index is -0.150. The Morgan fingerprint density at radius 2 is 1.74 bits per heavy atom. The number of aromatic amines is 1. The number of rotatable bonds is 9. The zero-order chi connectivity index (χ0) is 21.6. The number of unbranched alkanes of at least 4 members (excludes halogenated alkanes) is 2. The molecule has 4 rings (SSSR count). The fourth-order valence-electron chi connectivity index (χ4n) is 4.71. The molecule has 3 atom stereocenters. The molecule has 0 bridgehead atoms. The van der Waals surface area contributed by atoms with Gasteiger partial charge in [-0.15, -0.1) is 0 Å². The van der Waals surface area contributed by atoms with E-state index >= 15 is 0 Å². The van der Waals surface area contributed by atoms with Crippen LogP contribution in [0.1, 0.15) is 82.4 Å². The van der Waals surface area contributed by atoms with E-state index in [-0.39, 0.29) is 11.9 Å². The summed E-state index contributed by atoms with van der Waals surface area (Å²) < 4.78 is 12.2. The van der Waals surface area contributed by atoms with E-state index in [0.29, 0.717) is 25.3 Å². The molecule has 1 aromatic carbocycles. The maximum absolute atomic E-state index is 10.7. The van der Waals surface area contributed by atoms with Gasteiger partial charge in [-0.05, 0) is 37.8 Å². The van der Waals surface area contributed by atoms with Crippen LogP contribution >= 0.6 is 0 Å². The fourth-order valence-corrected chi connectivity index (χ4v) is 4.71. The first-order valence-corrected chi connectivity index (χ1v) is 12.0. The first kappa shape index (κ1) is 21.9. The van der Waals surface area contributed by atoms with E-state index in [4.69, 9.17) is 9.47 Å². The summed E-state index contributed by atoms with van der Waals surface area (Å²) in [6.45, 7) is 5.71. The molecule has 0 amide bonds. The molecule has 2 aromatic rings. The normalized spacial score (nSPS) is 22.7. The van der Waals surface area contributed by atoms with Crippen molar-refractivity contribution >= 4 is 5.69 Å². The summed E-state index contributed by atoms with van der Waals surface area (Å²) in [5.74, 6) is 1.88. The fraction of sp³-hybridized carbons (Fsp3) is 0.600. The second-order valence-electron chi connectivity index (χ2n) is 8.81. The molecular weight excluding hydrogens is 390 g/mol. The van der Waals surface area contributed by atoms with Gasteiger partial charge in [0.15, 0.2) is 5.88 Å². The number of hydrogen-bond donors (Lipinski definition) is 4. The number of ether oxygens (including phenoxy) is 2. The maximum atomic E-state index is 10.7. The highest BCUT2D eigenvalue weighted by molar-refractivity contribution is 5.62. The quantitative estimate of drug-likeness (QED) is 0.398. The SMILES string of the molecule is CCCCOc1ccc([C@H]2N[C@@H]3CCCC[C@H]3Nc3c[nH]c(O)c32)c(OCCCC)c1. The molecule has 0 unspecified atom stereocenters. The third kappa shape index (κ3) is 4.95. The minimum Gasteiger partial charge on any atom is -0.494 e. The predicted molar refractivity (Wildman–Crippen MR) is 124 cm³/mol. The van der Waals surface area contributed by atoms with E-state index in [9.17, 15) is 5.11 Å². The molecule has 6 nitrogen and oxygen atoms in total. The summed E-state index contributed by atoms with van der Waals surface area (Å²) in [4.78, 5) is 3.01. The molecule has 0 spiro atoms. The van der Waals surface area contributed by atoms with Crippen molar-refractivity contribution in [2.45, 2.75) is 83.3 Å². The van der Waals surface area contributed by atoms with Crippen molar-refractivity contribution in [3.63, 3.8) is 0 Å². The van der Waals surface area contributed by atoms with Crippen LogP contribution in [0.2, 0.25) is 0 Å². The zero-order valence-electron chi connectivity index (χ0n) is 18.9. The monoisotopic (exact) mass is 427 g/mol. The number of nitrogens with one attached hydrogen (secondary N) is 3. The summed E-state index contributed by atoms with van der Waals surface area (Å²) in [6.07, 6.45) is 10.9. The standard InChI is InChI=1S/C25H37N3O3/c1-3-5-13-30-17-11-12-18(22(15-17)31-14-6-4-2)24-23-21(16-26-25(23)29)27-19-9-7-8-10-20(19)28-24/h11-12,15-16,19-20,24,26-29H,3-10,13-14H2,1-2H3/t19-,20-,24-/m1/s1. The molecular formula is C25H37N3O3. The Morgan fingerprint density at radius 1 is 1.00 bits per heavy atom. The second kappa shape index (κ2) is 10.3. The highest BCUT2D eigenvalue weighted by atomic mass is 16.5. The Labute approximate surface area is 185 Å². The number of hydrogen-bond acceptors (Lipinski definition) is 5. The van der Waals surface area contributed by atoms with Gasteiger partial charge in [-0.2, -0.15) is 0 Å². The molecule has 1 saturated carbocycles. The van der Waals surface area contributed by atoms with Gasteiger partial charge >= 0.3 is 0 Å². The third-order valence-corrected chi connectivity index (χ3v) is 6.49. The Bertz CT molecular complexity index is 851. The summed E-state index contributed by atoms with van der Waals surface area (Å²) in [5, 5.41) is 18.2. The Hall–Kier alpha value is -2.34. The molecule has 1 aromatic heterocycles. The van der Waals surface area contributed by atoms with Crippen LogP contribution in [0.5, 0.6) is 17.4 Å². The van der Waals surface area contributed by atoms with Crippen molar-refractivity contribution in [3.05, 3.63) is 35.5 Å². The van der Waals surface area contributed by atoms with Gasteiger partial charge in [-0.25, -0.2) is 0 Å². The highest BCUT2D eigenvalue weighted by Crippen LogP contribution is 2.43. The van der Waals surface area contributed by atoms with Gasteiger partial charge in [0, 0.05) is 29.9 Å². The van der Waals surface area contributed by atoms with Crippen molar-refractivity contribution < 1.29 is 14.6 Å². The van der Waals surface area contributed by atoms with Crippen molar-refractivity contribution in [1.29, 1.82) is 0 Å². The number of fused-ring (bicyclic) bond motifs is 2. The molecule has 6 heteroatoms. The van der Waals surface area contributed by atoms with E-state index in [2.05, 4.69) is 35.5 Å². The smallest absolute Gasteiger partial charge is 0.195 e. The zero-order valence-corrected chi connectivity index (χ0v) is 18.9. The molecule has 0 saturated heterocycles. The van der Waals surface area contributed by atoms with Crippen molar-refractivity contribution in [1.82, 2.24) is 10.3 Å². The van der Waals surface area contributed by atoms with E-state index in [0.717, 1.165) is 66.8 Å². The topological polar surface area (TPSA) is 78.5 Å². The summed E-state index contributed by atoms with van der Waals surface area (Å²) >= 11 is 0. The van der Waals surface area contributed by atoms with Crippen LogP contribution in [0, 0.1) is 0 Å². The first-order valence-electron chi connectivity index (χ1n) is 12.0. The number of aromatic nitrogens is 1. The van der Waals surface area contributed by atoms with Gasteiger partial charge in [-0.3, -0.25) is 0 Å². The van der Waals surface area contributed by atoms with E-state index < -0.39 is 0 Å². The van der Waals surface area contributed by atoms with Crippen LogP contribution in [0.3, 0.4) is 0 Å². The van der Waals surface area contributed by atoms with Gasteiger partial charge in [0.05, 0.1) is 30.5 Å². The van der Waals surface area contributed by atoms with Crippen molar-refractivity contribution in [2.75, 3.05) is 18.5 Å². The predicted octanol–water partition coefficient (Wildman–Crippen LogP) is 5.49. The number of anilines is 1. The molecule has 31 heavy (non-hydrogen) atoms. The molecule has 170 valence electrons. The lowest BCUT2D eigenvalue weighted by atomic mass is 9.89. The van der Waals surface area contributed by atoms with Gasteiger partial charge in [0.25, 0.3) is 0 Å². The molecule has 1 fully saturated rings. The van der Waals surface area contributed by atoms with E-state index in [1.54, 1.807) is 0 Å². The van der Waals surface area contributed by atoms with Crippen LogP contribution < -0.4 is 20.1 Å². The minimum absolute atomic E-state index is 0.150. The van der Waals surface area contributed by atoms with Gasteiger partial charge in [0.2, 0.25) is 0 Å². The lowest BCUT2D eigenvalue weighted by Gasteiger charge is -2.33. The average Bonchev–Trinajstić information content (AvgIpc) is 3.04. The largest absolute Gasteiger partial charge is 0.494 e. The van der Waals surface area contributed by atoms with Crippen LogP contribution in [0.4, 0.5) is 5.69 Å². The van der Waals surface area contributed by atoms with Gasteiger partial charge in [-0.1, -0.05) is 39.5 Å². The average molecular weight is 428 g/mol. The molecule has 2 heterocycles. The summed E-state index contributed by atoms with van der Waals surface area (Å²) in [6, 6.07) is 6.72. The first-order chi connectivity index (χ1) is 15.2. The molecule has 2 aliphatic rings. The summed E-state index contributed by atoms with van der Waals surface area (Å²) in [7, 11) is 0. The van der Waals surface area contributed by atoms with Crippen molar-refractivity contribution in [3.8, 4) is 17.4 Å². The Balaban J connectivity index is 1.68. The van der Waals surface area contributed by atoms with E-state index in [1.165, 1.54) is 12.8 Å². The Morgan fingerprint density at radius 3 is 2.52 bits per heavy atom. The lowest BCUT2D eigenvalue weighted by Crippen LogP contribution is -2.45. The van der Waals surface area contributed by atoms with Crippen LogP contribution in [-0.2, 0) is 0 Å². The maximum Gasteiger partial charge on any atom is 0.195 e. The molecule has 1 aliphatic carbocycles. The van der Waals surface area contributed by atoms with Gasteiger partial charge in [0.1, 0.15) is 11.5 Å². The third-order valence-electron chi connectivity index (χ3n) is 6.49. The lowest BCUT2D eigenvalue weighted by molar-refractivity contribution is 0.287. The van der Waals surface area contributed by atoms with Gasteiger partial charge < -0.3 is 30.2 Å². The van der Waals surface area contributed by atoms with Crippen molar-refractivity contribution in [2.24, 2.45) is 0 Å². The Kier molecular flexibility index (Phi) is 7.28. The van der Waals surface area contributed by atoms with Crippen LogP contribution in [-0.4, -0.2) is 35.4 Å². The second-order valence-corrected chi connectivity index (χ2v) is 8.81. The highest BCUT2D eigenvalue weighted by Gasteiger charge is 2.36. The number of aromatic hydroxyl groups is 1. The molecule has 4 N–H and O–H groups in total. The van der Waals surface area contributed by atoms with E-state index in [1.807, 2.05) is 18.3 Å². The number of H-pyrrole nitrogens is 1. The van der Waals surface area contributed by atoms with Crippen LogP contribution in [0.15, 0.2) is 24.4 Å². The molecule has 1 aliphatic heterocycles.